The Morgan fingerprint density at radius 2 is 1.87 bits per heavy atom. The Morgan fingerprint density at radius 3 is 2.33 bits per heavy atom. The summed E-state index contributed by atoms with van der Waals surface area (Å²) in [6, 6.07) is 1.26. The molecule has 6 nitrogen and oxygen atoms in total. The molecule has 1 heterocycles. The molecule has 6 heteroatoms. The molecule has 1 aromatic rings. The monoisotopic (exact) mass is 210 g/mol. The summed E-state index contributed by atoms with van der Waals surface area (Å²) in [6.45, 7) is 0. The van der Waals surface area contributed by atoms with Crippen LogP contribution in [0.4, 0.5) is 5.69 Å². The topological polar surface area (TPSA) is 91.5 Å². The van der Waals surface area contributed by atoms with E-state index in [4.69, 9.17) is 5.73 Å². The van der Waals surface area contributed by atoms with Gasteiger partial charge in [0.2, 0.25) is 0 Å². The fourth-order valence-electron chi connectivity index (χ4n) is 0.968. The minimum Gasteiger partial charge on any atom is -0.465 e. The van der Waals surface area contributed by atoms with Crippen LogP contribution in [0.5, 0.6) is 0 Å². The van der Waals surface area contributed by atoms with Crippen LogP contribution in [-0.2, 0) is 9.47 Å². The Hall–Kier alpha value is -2.11. The summed E-state index contributed by atoms with van der Waals surface area (Å²) in [5, 5.41) is 0. The van der Waals surface area contributed by atoms with E-state index in [1.807, 2.05) is 0 Å². The van der Waals surface area contributed by atoms with E-state index >= 15 is 0 Å². The predicted molar refractivity (Wildman–Crippen MR) is 51.3 cm³/mol. The molecule has 80 valence electrons. The molecular weight excluding hydrogens is 200 g/mol. The van der Waals surface area contributed by atoms with E-state index in [1.54, 1.807) is 0 Å². The molecule has 0 aliphatic rings. The second kappa shape index (κ2) is 4.41. The standard InChI is InChI=1S/C9H10N2O4/c1-14-8(12)5-4-11-7(3-6(5)10)9(13)15-2/h3-4H,1-2H3,(H2,10,11). The van der Waals surface area contributed by atoms with Crippen LogP contribution in [0, 0.1) is 0 Å². The molecular formula is C9H10N2O4. The summed E-state index contributed by atoms with van der Waals surface area (Å²) in [5.41, 5.74) is 5.82. The zero-order valence-electron chi connectivity index (χ0n) is 8.31. The molecule has 15 heavy (non-hydrogen) atoms. The molecule has 0 amide bonds. The van der Waals surface area contributed by atoms with Crippen molar-refractivity contribution < 1.29 is 19.1 Å². The van der Waals surface area contributed by atoms with Crippen molar-refractivity contribution in [3.8, 4) is 0 Å². The number of pyridine rings is 1. The minimum absolute atomic E-state index is 0.0441. The first-order valence-electron chi connectivity index (χ1n) is 4.02. The van der Waals surface area contributed by atoms with Gasteiger partial charge in [0.15, 0.2) is 0 Å². The van der Waals surface area contributed by atoms with Gasteiger partial charge in [-0.25, -0.2) is 14.6 Å². The maximum Gasteiger partial charge on any atom is 0.356 e. The van der Waals surface area contributed by atoms with Gasteiger partial charge in [-0.15, -0.1) is 0 Å². The Bertz CT molecular complexity index is 403. The fourth-order valence-corrected chi connectivity index (χ4v) is 0.968. The number of carbonyl (C=O) groups excluding carboxylic acids is 2. The number of nitrogens with zero attached hydrogens (tertiary/aromatic N) is 1. The van der Waals surface area contributed by atoms with Gasteiger partial charge in [-0.05, 0) is 6.07 Å². The smallest absolute Gasteiger partial charge is 0.356 e. The zero-order valence-corrected chi connectivity index (χ0v) is 8.31. The first kappa shape index (κ1) is 11.0. The first-order chi connectivity index (χ1) is 7.10. The maximum atomic E-state index is 11.1. The van der Waals surface area contributed by atoms with Gasteiger partial charge in [0.1, 0.15) is 11.3 Å². The number of nitrogens with two attached hydrogens (primary N) is 1. The van der Waals surface area contributed by atoms with Crippen molar-refractivity contribution in [2.75, 3.05) is 20.0 Å². The quantitative estimate of drug-likeness (QED) is 0.703. The highest BCUT2D eigenvalue weighted by Gasteiger charge is 2.14. The van der Waals surface area contributed by atoms with Crippen molar-refractivity contribution in [3.63, 3.8) is 0 Å². The van der Waals surface area contributed by atoms with Crippen LogP contribution in [0.25, 0.3) is 0 Å². The lowest BCUT2D eigenvalue weighted by Gasteiger charge is -2.04. The van der Waals surface area contributed by atoms with Crippen LogP contribution in [0.15, 0.2) is 12.3 Å². The van der Waals surface area contributed by atoms with E-state index < -0.39 is 11.9 Å². The van der Waals surface area contributed by atoms with E-state index in [0.717, 1.165) is 0 Å². The third-order valence-electron chi connectivity index (χ3n) is 1.74. The summed E-state index contributed by atoms with van der Waals surface area (Å²) < 4.78 is 8.91. The number of methoxy groups -OCH3 is 2. The molecule has 1 rings (SSSR count). The highest BCUT2D eigenvalue weighted by molar-refractivity contribution is 5.96. The molecule has 0 saturated heterocycles. The van der Waals surface area contributed by atoms with Crippen LogP contribution in [0.3, 0.4) is 0 Å². The van der Waals surface area contributed by atoms with E-state index in [2.05, 4.69) is 14.5 Å². The third kappa shape index (κ3) is 2.22. The number of nitrogen functional groups attached to an aromatic ring is 1. The van der Waals surface area contributed by atoms with Crippen LogP contribution in [0.1, 0.15) is 20.8 Å². The van der Waals surface area contributed by atoms with Gasteiger partial charge in [-0.3, -0.25) is 0 Å². The van der Waals surface area contributed by atoms with Crippen LogP contribution in [-0.4, -0.2) is 31.1 Å². The molecule has 0 spiro atoms. The summed E-state index contributed by atoms with van der Waals surface area (Å²) in [7, 11) is 2.46. The van der Waals surface area contributed by atoms with Crippen molar-refractivity contribution >= 4 is 17.6 Å². The Labute approximate surface area is 86.0 Å². The average Bonchev–Trinajstić information content (AvgIpc) is 2.26. The summed E-state index contributed by atoms with van der Waals surface area (Å²) in [4.78, 5) is 25.9. The highest BCUT2D eigenvalue weighted by atomic mass is 16.5. The third-order valence-corrected chi connectivity index (χ3v) is 1.74. The average molecular weight is 210 g/mol. The van der Waals surface area contributed by atoms with E-state index in [1.165, 1.54) is 26.5 Å². The number of rotatable bonds is 2. The summed E-state index contributed by atoms with van der Waals surface area (Å²) in [5.74, 6) is -1.21. The molecule has 0 atom stereocenters. The molecule has 0 saturated carbocycles. The molecule has 0 bridgehead atoms. The first-order valence-corrected chi connectivity index (χ1v) is 4.02. The SMILES string of the molecule is COC(=O)c1cc(N)c(C(=O)OC)cn1. The van der Waals surface area contributed by atoms with Crippen molar-refractivity contribution in [1.29, 1.82) is 0 Å². The van der Waals surface area contributed by atoms with Crippen molar-refractivity contribution in [2.45, 2.75) is 0 Å². The molecule has 2 N–H and O–H groups in total. The van der Waals surface area contributed by atoms with Crippen LogP contribution in [0.2, 0.25) is 0 Å². The number of anilines is 1. The number of ether oxygens (including phenoxy) is 2. The van der Waals surface area contributed by atoms with Crippen molar-refractivity contribution in [3.05, 3.63) is 23.5 Å². The lowest BCUT2D eigenvalue weighted by Crippen LogP contribution is -2.10. The van der Waals surface area contributed by atoms with E-state index in [-0.39, 0.29) is 16.9 Å². The zero-order chi connectivity index (χ0) is 11.4. The number of hydrogen-bond donors (Lipinski definition) is 1. The molecule has 0 radical (unpaired) electrons. The van der Waals surface area contributed by atoms with Gasteiger partial charge in [0.25, 0.3) is 0 Å². The largest absolute Gasteiger partial charge is 0.465 e. The molecule has 1 aromatic heterocycles. The lowest BCUT2D eigenvalue weighted by molar-refractivity contribution is 0.0582. The molecule has 0 aliphatic heterocycles. The predicted octanol–water partition coefficient (Wildman–Crippen LogP) is 0.237. The van der Waals surface area contributed by atoms with Gasteiger partial charge in [0.05, 0.1) is 19.9 Å². The number of esters is 2. The number of aromatic nitrogens is 1. The second-order valence-corrected chi connectivity index (χ2v) is 2.64. The van der Waals surface area contributed by atoms with Crippen molar-refractivity contribution in [2.24, 2.45) is 0 Å². The van der Waals surface area contributed by atoms with Crippen LogP contribution < -0.4 is 5.73 Å². The fraction of sp³-hybridized carbons (Fsp3) is 0.222. The van der Waals surface area contributed by atoms with Gasteiger partial charge in [-0.1, -0.05) is 0 Å². The Balaban J connectivity index is 3.08. The van der Waals surface area contributed by atoms with E-state index in [9.17, 15) is 9.59 Å². The molecule has 0 aliphatic carbocycles. The summed E-state index contributed by atoms with van der Waals surface area (Å²) in [6.07, 6.45) is 1.17. The van der Waals surface area contributed by atoms with E-state index in [0.29, 0.717) is 0 Å². The second-order valence-electron chi connectivity index (χ2n) is 2.64. The van der Waals surface area contributed by atoms with Gasteiger partial charge < -0.3 is 15.2 Å². The Kier molecular flexibility index (Phi) is 3.22. The van der Waals surface area contributed by atoms with Gasteiger partial charge in [0, 0.05) is 6.20 Å². The van der Waals surface area contributed by atoms with Gasteiger partial charge in [-0.2, -0.15) is 0 Å². The molecule has 0 aromatic carbocycles. The number of carbonyl (C=O) groups is 2. The van der Waals surface area contributed by atoms with Crippen LogP contribution >= 0.6 is 0 Å². The summed E-state index contributed by atoms with van der Waals surface area (Å²) >= 11 is 0. The highest BCUT2D eigenvalue weighted by Crippen LogP contribution is 2.13. The normalized spacial score (nSPS) is 9.47. The minimum atomic E-state index is -0.613. The molecule has 0 unspecified atom stereocenters. The maximum absolute atomic E-state index is 11.1. The van der Waals surface area contributed by atoms with Gasteiger partial charge >= 0.3 is 11.9 Å². The Morgan fingerprint density at radius 1 is 1.27 bits per heavy atom. The molecule has 0 fully saturated rings. The van der Waals surface area contributed by atoms with Crippen molar-refractivity contribution in [1.82, 2.24) is 4.98 Å². The lowest BCUT2D eigenvalue weighted by atomic mass is 10.2. The number of hydrogen-bond acceptors (Lipinski definition) is 6.